The summed E-state index contributed by atoms with van der Waals surface area (Å²) in [5.74, 6) is -0.183. The molecule has 86 valence electrons. The van der Waals surface area contributed by atoms with E-state index in [4.69, 9.17) is 0 Å². The number of hydrogen-bond donors (Lipinski definition) is 0. The Labute approximate surface area is 87.7 Å². The molecular formula is C11H15F3O. The zero-order valence-electron chi connectivity index (χ0n) is 9.16. The Morgan fingerprint density at radius 2 is 1.73 bits per heavy atom. The van der Waals surface area contributed by atoms with Gasteiger partial charge < -0.3 is 0 Å². The number of carbonyl (C=O) groups excluding carboxylic acids is 1. The minimum Gasteiger partial charge on any atom is -0.300 e. The van der Waals surface area contributed by atoms with Crippen LogP contribution in [0.5, 0.6) is 0 Å². The van der Waals surface area contributed by atoms with E-state index < -0.39 is 11.7 Å². The van der Waals surface area contributed by atoms with Crippen LogP contribution < -0.4 is 0 Å². The van der Waals surface area contributed by atoms with Crippen molar-refractivity contribution in [3.8, 4) is 0 Å². The van der Waals surface area contributed by atoms with Crippen molar-refractivity contribution in [2.45, 2.75) is 39.8 Å². The predicted molar refractivity (Wildman–Crippen MR) is 53.5 cm³/mol. The van der Waals surface area contributed by atoms with Crippen molar-refractivity contribution in [1.82, 2.24) is 0 Å². The average molecular weight is 220 g/mol. The normalized spacial score (nSPS) is 13.5. The molecule has 0 unspecified atom stereocenters. The van der Waals surface area contributed by atoms with Crippen molar-refractivity contribution in [1.29, 1.82) is 0 Å². The van der Waals surface area contributed by atoms with E-state index >= 15 is 0 Å². The van der Waals surface area contributed by atoms with Gasteiger partial charge in [-0.3, -0.25) is 4.79 Å². The highest BCUT2D eigenvalue weighted by Gasteiger charge is 2.34. The zero-order valence-corrected chi connectivity index (χ0v) is 9.16. The van der Waals surface area contributed by atoms with E-state index in [0.717, 1.165) is 0 Å². The van der Waals surface area contributed by atoms with Crippen LogP contribution in [-0.2, 0) is 4.79 Å². The molecule has 1 nitrogen and oxygen atoms in total. The summed E-state index contributed by atoms with van der Waals surface area (Å²) < 4.78 is 37.5. The summed E-state index contributed by atoms with van der Waals surface area (Å²) in [7, 11) is 0. The van der Waals surface area contributed by atoms with Gasteiger partial charge in [0.15, 0.2) is 0 Å². The van der Waals surface area contributed by atoms with Crippen LogP contribution in [0, 0.1) is 0 Å². The third-order valence-corrected chi connectivity index (χ3v) is 2.14. The van der Waals surface area contributed by atoms with E-state index in [1.165, 1.54) is 20.8 Å². The Morgan fingerprint density at radius 3 is 2.00 bits per heavy atom. The van der Waals surface area contributed by atoms with Crippen molar-refractivity contribution in [3.05, 3.63) is 23.3 Å². The summed E-state index contributed by atoms with van der Waals surface area (Å²) in [4.78, 5) is 10.8. The monoisotopic (exact) mass is 220 g/mol. The highest BCUT2D eigenvalue weighted by molar-refractivity contribution is 5.79. The Hall–Kier alpha value is -1.06. The number of halogens is 3. The van der Waals surface area contributed by atoms with Crippen molar-refractivity contribution >= 4 is 5.78 Å². The molecule has 0 aromatic rings. The highest BCUT2D eigenvalue weighted by Crippen LogP contribution is 2.33. The molecule has 4 heteroatoms. The Kier molecular flexibility index (Phi) is 4.78. The molecule has 15 heavy (non-hydrogen) atoms. The average Bonchev–Trinajstić information content (AvgIpc) is 2.01. The number of Topliss-reactive ketones (excluding diaryl/α,β-unsaturated/α-hetero) is 1. The molecule has 0 aliphatic carbocycles. The number of rotatable bonds is 4. The maximum Gasteiger partial charge on any atom is 0.412 e. The fraction of sp³-hybridized carbons (Fsp3) is 0.545. The molecular weight excluding hydrogens is 205 g/mol. The minimum atomic E-state index is -4.33. The standard InChI is InChI=1S/C11H15F3O/c1-5-10(11(12,13)14)9(4)7(2)6-8(3)15/h2,5-6H2,1,3-4H3/b10-9+. The Bertz CT molecular complexity index is 297. The van der Waals surface area contributed by atoms with Gasteiger partial charge in [-0.1, -0.05) is 13.5 Å². The van der Waals surface area contributed by atoms with Gasteiger partial charge in [-0.15, -0.1) is 0 Å². The molecule has 0 bridgehead atoms. The van der Waals surface area contributed by atoms with Gasteiger partial charge in [0, 0.05) is 12.0 Å². The molecule has 0 aromatic heterocycles. The molecule has 0 fully saturated rings. The van der Waals surface area contributed by atoms with Crippen LogP contribution in [0.1, 0.15) is 33.6 Å². The molecule has 0 aromatic carbocycles. The second-order valence-electron chi connectivity index (χ2n) is 3.44. The fourth-order valence-corrected chi connectivity index (χ4v) is 1.32. The lowest BCUT2D eigenvalue weighted by molar-refractivity contribution is -0.116. The first-order chi connectivity index (χ1) is 6.70. The van der Waals surface area contributed by atoms with Gasteiger partial charge in [-0.05, 0) is 31.4 Å². The number of ketones is 1. The van der Waals surface area contributed by atoms with E-state index in [2.05, 4.69) is 6.58 Å². The summed E-state index contributed by atoms with van der Waals surface area (Å²) in [6.45, 7) is 7.63. The minimum absolute atomic E-state index is 0.0224. The quantitative estimate of drug-likeness (QED) is 0.658. The van der Waals surface area contributed by atoms with Gasteiger partial charge in [-0.25, -0.2) is 0 Å². The van der Waals surface area contributed by atoms with Crippen molar-refractivity contribution < 1.29 is 18.0 Å². The lowest BCUT2D eigenvalue weighted by Crippen LogP contribution is -2.14. The van der Waals surface area contributed by atoms with Crippen LogP contribution in [0.4, 0.5) is 13.2 Å². The smallest absolute Gasteiger partial charge is 0.300 e. The highest BCUT2D eigenvalue weighted by atomic mass is 19.4. The van der Waals surface area contributed by atoms with Crippen molar-refractivity contribution in [3.63, 3.8) is 0 Å². The molecule has 0 aliphatic heterocycles. The molecule has 0 radical (unpaired) electrons. The number of hydrogen-bond acceptors (Lipinski definition) is 1. The summed E-state index contributed by atoms with van der Waals surface area (Å²) in [6.07, 6.45) is -4.46. The van der Waals surface area contributed by atoms with Crippen LogP contribution in [0.3, 0.4) is 0 Å². The third kappa shape index (κ3) is 4.32. The maximum absolute atomic E-state index is 12.5. The van der Waals surface area contributed by atoms with Crippen LogP contribution in [0.25, 0.3) is 0 Å². The lowest BCUT2D eigenvalue weighted by Gasteiger charge is -2.15. The maximum atomic E-state index is 12.5. The van der Waals surface area contributed by atoms with Gasteiger partial charge in [0.2, 0.25) is 0 Å². The Balaban J connectivity index is 5.04. The number of alkyl halides is 3. The van der Waals surface area contributed by atoms with Crippen LogP contribution in [0.2, 0.25) is 0 Å². The zero-order chi connectivity index (χ0) is 12.2. The van der Waals surface area contributed by atoms with E-state index in [0.29, 0.717) is 0 Å². The number of carbonyl (C=O) groups is 1. The first-order valence-electron chi connectivity index (χ1n) is 4.64. The van der Waals surface area contributed by atoms with Crippen LogP contribution in [-0.4, -0.2) is 12.0 Å². The van der Waals surface area contributed by atoms with Gasteiger partial charge in [0.25, 0.3) is 0 Å². The molecule has 0 aliphatic rings. The first-order valence-corrected chi connectivity index (χ1v) is 4.64. The Morgan fingerprint density at radius 1 is 1.27 bits per heavy atom. The molecule has 0 heterocycles. The van der Waals surface area contributed by atoms with Crippen molar-refractivity contribution in [2.75, 3.05) is 0 Å². The first kappa shape index (κ1) is 13.9. The molecule has 0 amide bonds. The number of allylic oxidation sites excluding steroid dienone is 3. The van der Waals surface area contributed by atoms with E-state index in [1.54, 1.807) is 0 Å². The molecule has 0 saturated heterocycles. The molecule has 0 rings (SSSR count). The molecule has 0 spiro atoms. The van der Waals surface area contributed by atoms with Gasteiger partial charge in [-0.2, -0.15) is 13.2 Å². The van der Waals surface area contributed by atoms with Crippen LogP contribution >= 0.6 is 0 Å². The largest absolute Gasteiger partial charge is 0.412 e. The van der Waals surface area contributed by atoms with E-state index in [1.807, 2.05) is 0 Å². The van der Waals surface area contributed by atoms with E-state index in [9.17, 15) is 18.0 Å². The summed E-state index contributed by atoms with van der Waals surface area (Å²) in [6, 6.07) is 0. The summed E-state index contributed by atoms with van der Waals surface area (Å²) in [5.41, 5.74) is -0.273. The lowest BCUT2D eigenvalue weighted by atomic mass is 9.97. The SMILES string of the molecule is C=C(CC(C)=O)/C(C)=C(\CC)C(F)(F)F. The third-order valence-electron chi connectivity index (χ3n) is 2.14. The predicted octanol–water partition coefficient (Wildman–Crippen LogP) is 3.81. The van der Waals surface area contributed by atoms with Crippen molar-refractivity contribution in [2.24, 2.45) is 0 Å². The van der Waals surface area contributed by atoms with Crippen LogP contribution in [0.15, 0.2) is 23.3 Å². The summed E-state index contributed by atoms with van der Waals surface area (Å²) in [5, 5.41) is 0. The fourth-order valence-electron chi connectivity index (χ4n) is 1.32. The van der Waals surface area contributed by atoms with Gasteiger partial charge in [0.05, 0.1) is 0 Å². The summed E-state index contributed by atoms with van der Waals surface area (Å²) >= 11 is 0. The van der Waals surface area contributed by atoms with Gasteiger partial charge in [0.1, 0.15) is 5.78 Å². The molecule has 0 atom stereocenters. The van der Waals surface area contributed by atoms with E-state index in [-0.39, 0.29) is 29.8 Å². The topological polar surface area (TPSA) is 17.1 Å². The second-order valence-corrected chi connectivity index (χ2v) is 3.44. The molecule has 0 saturated carbocycles. The van der Waals surface area contributed by atoms with Gasteiger partial charge >= 0.3 is 6.18 Å². The second kappa shape index (κ2) is 5.14. The molecule has 0 N–H and O–H groups in total.